The fourth-order valence-corrected chi connectivity index (χ4v) is 5.37. The van der Waals surface area contributed by atoms with Crippen LogP contribution in [0.2, 0.25) is 0 Å². The topological polar surface area (TPSA) is 48.4 Å². The number of ether oxygens (including phenoxy) is 1. The Bertz CT molecular complexity index is 997. The Labute approximate surface area is 187 Å². The third-order valence-electron chi connectivity index (χ3n) is 6.14. The van der Waals surface area contributed by atoms with Gasteiger partial charge in [-0.25, -0.2) is 10.0 Å². The third kappa shape index (κ3) is 4.22. The maximum Gasteiger partial charge on any atom is 0.267 e. The highest BCUT2D eigenvalue weighted by Crippen LogP contribution is 2.41. The van der Waals surface area contributed by atoms with Gasteiger partial charge in [-0.2, -0.15) is 0 Å². The highest BCUT2D eigenvalue weighted by molar-refractivity contribution is 7.99. The van der Waals surface area contributed by atoms with E-state index in [-0.39, 0.29) is 5.91 Å². The van der Waals surface area contributed by atoms with Crippen molar-refractivity contribution in [3.05, 3.63) is 53.6 Å². The van der Waals surface area contributed by atoms with Crippen LogP contribution in [-0.2, 0) is 4.74 Å². The van der Waals surface area contributed by atoms with E-state index < -0.39 is 0 Å². The molecule has 0 atom stereocenters. The molecule has 1 amide bonds. The van der Waals surface area contributed by atoms with Gasteiger partial charge in [0.05, 0.1) is 18.9 Å². The van der Waals surface area contributed by atoms with Crippen molar-refractivity contribution in [3.63, 3.8) is 0 Å². The summed E-state index contributed by atoms with van der Waals surface area (Å²) in [7, 11) is 1.84. The van der Waals surface area contributed by atoms with Crippen molar-refractivity contribution in [2.24, 2.45) is 4.99 Å². The molecule has 0 radical (unpaired) electrons. The lowest BCUT2D eigenvalue weighted by Gasteiger charge is -2.34. The lowest BCUT2D eigenvalue weighted by atomic mass is 10.1. The Morgan fingerprint density at radius 1 is 1.00 bits per heavy atom. The Morgan fingerprint density at radius 2 is 1.77 bits per heavy atom. The summed E-state index contributed by atoms with van der Waals surface area (Å²) in [6.07, 6.45) is 3.68. The summed E-state index contributed by atoms with van der Waals surface area (Å²) in [5.41, 5.74) is 2.73. The summed E-state index contributed by atoms with van der Waals surface area (Å²) in [5.74, 6) is 1.03. The van der Waals surface area contributed by atoms with Crippen molar-refractivity contribution in [2.75, 3.05) is 46.4 Å². The number of benzene rings is 2. The van der Waals surface area contributed by atoms with E-state index in [1.54, 1.807) is 16.8 Å². The largest absolute Gasteiger partial charge is 0.379 e. The molecular weight excluding hydrogens is 408 g/mol. The number of morpholine rings is 1. The predicted molar refractivity (Wildman–Crippen MR) is 123 cm³/mol. The van der Waals surface area contributed by atoms with E-state index in [0.717, 1.165) is 42.6 Å². The van der Waals surface area contributed by atoms with E-state index in [1.165, 1.54) is 29.7 Å². The van der Waals surface area contributed by atoms with Crippen LogP contribution in [0, 0.1) is 0 Å². The molecule has 2 saturated heterocycles. The molecule has 162 valence electrons. The Balaban J connectivity index is 1.50. The normalized spacial score (nSPS) is 19.1. The number of carbonyl (C=O) groups is 1. The maximum atomic E-state index is 13.2. The molecule has 0 unspecified atom stereocenters. The van der Waals surface area contributed by atoms with E-state index in [1.807, 2.05) is 30.3 Å². The van der Waals surface area contributed by atoms with Crippen LogP contribution < -0.4 is 0 Å². The molecule has 0 spiro atoms. The van der Waals surface area contributed by atoms with Gasteiger partial charge >= 0.3 is 0 Å². The minimum Gasteiger partial charge on any atom is -0.379 e. The number of hydrogen-bond acceptors (Lipinski definition) is 6. The quantitative estimate of drug-likeness (QED) is 0.711. The molecule has 0 N–H and O–H groups in total. The minimum absolute atomic E-state index is 0.00816. The second-order valence-electron chi connectivity index (χ2n) is 8.16. The average molecular weight is 437 g/mol. The standard InChI is InChI=1S/C24H28N4O2S/c1-26(28-13-15-30-16-14-28)24(29)18-9-10-22-20(17-18)25-23(27-11-5-2-6-12-27)19-7-3-4-8-21(19)31-22/h3-4,7-10,17H,2,5-6,11-16H2,1H3. The van der Waals surface area contributed by atoms with E-state index in [9.17, 15) is 4.79 Å². The molecule has 3 aliphatic heterocycles. The van der Waals surface area contributed by atoms with Crippen molar-refractivity contribution in [1.82, 2.24) is 14.9 Å². The molecule has 3 heterocycles. The smallest absolute Gasteiger partial charge is 0.267 e. The zero-order valence-electron chi connectivity index (χ0n) is 17.9. The van der Waals surface area contributed by atoms with E-state index in [0.29, 0.717) is 18.8 Å². The molecule has 3 aliphatic rings. The molecule has 2 fully saturated rings. The van der Waals surface area contributed by atoms with Gasteiger partial charge in [0.2, 0.25) is 0 Å². The summed E-state index contributed by atoms with van der Waals surface area (Å²) < 4.78 is 5.42. The first kappa shape index (κ1) is 20.5. The number of rotatable bonds is 2. The second-order valence-corrected chi connectivity index (χ2v) is 9.24. The number of likely N-dealkylation sites (tertiary alicyclic amines) is 1. The van der Waals surface area contributed by atoms with Gasteiger partial charge < -0.3 is 9.64 Å². The molecule has 0 saturated carbocycles. The van der Waals surface area contributed by atoms with Crippen LogP contribution in [0.25, 0.3) is 0 Å². The number of hydrogen-bond donors (Lipinski definition) is 0. The fraction of sp³-hybridized carbons (Fsp3) is 0.417. The number of amidine groups is 1. The first-order valence-electron chi connectivity index (χ1n) is 11.1. The summed E-state index contributed by atoms with van der Waals surface area (Å²) in [5, 5.41) is 3.77. The number of piperidine rings is 1. The Kier molecular flexibility index (Phi) is 5.98. The number of aliphatic imine (C=N–C) groups is 1. The second kappa shape index (κ2) is 9.02. The average Bonchev–Trinajstić information content (AvgIpc) is 3.00. The number of fused-ring (bicyclic) bond motifs is 2. The SMILES string of the molecule is CN(C(=O)c1ccc2c(c1)N=C(N1CCCCC1)c1ccccc1S2)N1CCOCC1. The van der Waals surface area contributed by atoms with Crippen LogP contribution >= 0.6 is 11.8 Å². The number of carbonyl (C=O) groups excluding carboxylic acids is 1. The Morgan fingerprint density at radius 3 is 2.58 bits per heavy atom. The van der Waals surface area contributed by atoms with Gasteiger partial charge in [-0.3, -0.25) is 9.80 Å². The van der Waals surface area contributed by atoms with Crippen molar-refractivity contribution >= 4 is 29.2 Å². The van der Waals surface area contributed by atoms with E-state index >= 15 is 0 Å². The van der Waals surface area contributed by atoms with Crippen LogP contribution in [0.3, 0.4) is 0 Å². The molecule has 2 aromatic carbocycles. The maximum absolute atomic E-state index is 13.2. The van der Waals surface area contributed by atoms with Crippen LogP contribution in [0.4, 0.5) is 5.69 Å². The number of amides is 1. The molecule has 7 heteroatoms. The number of hydrazine groups is 1. The van der Waals surface area contributed by atoms with Crippen LogP contribution in [0.5, 0.6) is 0 Å². The summed E-state index contributed by atoms with van der Waals surface area (Å²) >= 11 is 1.73. The van der Waals surface area contributed by atoms with Crippen LogP contribution in [-0.4, -0.2) is 73.1 Å². The molecule has 0 aliphatic carbocycles. The van der Waals surface area contributed by atoms with Crippen LogP contribution in [0.1, 0.15) is 35.2 Å². The molecule has 6 nitrogen and oxygen atoms in total. The van der Waals surface area contributed by atoms with Gasteiger partial charge in [0, 0.05) is 54.1 Å². The summed E-state index contributed by atoms with van der Waals surface area (Å²) in [6.45, 7) is 4.84. The monoisotopic (exact) mass is 436 g/mol. The molecule has 31 heavy (non-hydrogen) atoms. The lowest BCUT2D eigenvalue weighted by Crippen LogP contribution is -2.49. The Hall–Kier alpha value is -2.35. The summed E-state index contributed by atoms with van der Waals surface area (Å²) in [4.78, 5) is 23.0. The van der Waals surface area contributed by atoms with E-state index in [4.69, 9.17) is 9.73 Å². The predicted octanol–water partition coefficient (Wildman–Crippen LogP) is 4.03. The first-order chi connectivity index (χ1) is 15.2. The van der Waals surface area contributed by atoms with Gasteiger partial charge in [-0.05, 0) is 43.5 Å². The van der Waals surface area contributed by atoms with Gasteiger partial charge in [0.15, 0.2) is 0 Å². The van der Waals surface area contributed by atoms with E-state index in [2.05, 4.69) is 29.2 Å². The first-order valence-corrected chi connectivity index (χ1v) is 11.9. The molecule has 0 bridgehead atoms. The zero-order valence-corrected chi connectivity index (χ0v) is 18.7. The molecule has 2 aromatic rings. The third-order valence-corrected chi connectivity index (χ3v) is 7.28. The highest BCUT2D eigenvalue weighted by atomic mass is 32.2. The van der Waals surface area contributed by atoms with Crippen LogP contribution in [0.15, 0.2) is 57.2 Å². The summed E-state index contributed by atoms with van der Waals surface area (Å²) in [6, 6.07) is 14.4. The highest BCUT2D eigenvalue weighted by Gasteiger charge is 2.25. The van der Waals surface area contributed by atoms with Crippen molar-refractivity contribution in [3.8, 4) is 0 Å². The van der Waals surface area contributed by atoms with Gasteiger partial charge in [-0.15, -0.1) is 0 Å². The van der Waals surface area contributed by atoms with Crippen molar-refractivity contribution < 1.29 is 9.53 Å². The molecule has 0 aromatic heterocycles. The fourth-order valence-electron chi connectivity index (χ4n) is 4.37. The molecular formula is C24H28N4O2S. The minimum atomic E-state index is -0.00816. The van der Waals surface area contributed by atoms with Crippen molar-refractivity contribution in [1.29, 1.82) is 0 Å². The molecule has 5 rings (SSSR count). The van der Waals surface area contributed by atoms with Crippen molar-refractivity contribution in [2.45, 2.75) is 29.1 Å². The zero-order chi connectivity index (χ0) is 21.2. The number of nitrogens with zero attached hydrogens (tertiary/aromatic N) is 4. The lowest BCUT2D eigenvalue weighted by molar-refractivity contribution is -0.0579. The van der Waals surface area contributed by atoms with Gasteiger partial charge in [0.25, 0.3) is 5.91 Å². The van der Waals surface area contributed by atoms with Gasteiger partial charge in [-0.1, -0.05) is 30.0 Å². The van der Waals surface area contributed by atoms with Gasteiger partial charge in [0.1, 0.15) is 5.84 Å².